The molecule has 0 saturated carbocycles. The standard InChI is InChI=1S/C17H17BrO3.Mg/c1-19-14-8-6-12(7-9-14)4-5-13-10-15(18)17(21-3)16(11-13)20-2;/h4-11H,1-3H3;/b5-4-;. The van der Waals surface area contributed by atoms with Gasteiger partial charge < -0.3 is 14.2 Å². The van der Waals surface area contributed by atoms with Crippen molar-refractivity contribution < 1.29 is 14.2 Å². The maximum Gasteiger partial charge on any atom is 0.174 e. The molecule has 0 aliphatic rings. The summed E-state index contributed by atoms with van der Waals surface area (Å²) in [6, 6.07) is 11.8. The molecule has 5 heteroatoms. The number of hydrogen-bond donors (Lipinski definition) is 0. The normalized spacial score (nSPS) is 10.2. The van der Waals surface area contributed by atoms with Crippen LogP contribution >= 0.6 is 15.9 Å². The van der Waals surface area contributed by atoms with Gasteiger partial charge in [-0.2, -0.15) is 0 Å². The molecule has 0 amide bonds. The third kappa shape index (κ3) is 4.66. The molecule has 2 aromatic carbocycles. The molecule has 0 bridgehead atoms. The van der Waals surface area contributed by atoms with E-state index in [2.05, 4.69) is 15.9 Å². The Hall–Kier alpha value is -1.17. The zero-order valence-corrected chi connectivity index (χ0v) is 15.9. The summed E-state index contributed by atoms with van der Waals surface area (Å²) < 4.78 is 16.6. The Morgan fingerprint density at radius 3 is 2.00 bits per heavy atom. The topological polar surface area (TPSA) is 27.7 Å². The van der Waals surface area contributed by atoms with Crippen molar-refractivity contribution in [1.82, 2.24) is 0 Å². The van der Waals surface area contributed by atoms with Crippen molar-refractivity contribution in [2.75, 3.05) is 21.3 Å². The van der Waals surface area contributed by atoms with Crippen LogP contribution in [0.15, 0.2) is 40.9 Å². The molecule has 0 spiro atoms. The van der Waals surface area contributed by atoms with Crippen LogP contribution in [-0.4, -0.2) is 44.4 Å². The van der Waals surface area contributed by atoms with Crippen LogP contribution in [0, 0.1) is 0 Å². The van der Waals surface area contributed by atoms with Crippen LogP contribution in [0.1, 0.15) is 11.1 Å². The summed E-state index contributed by atoms with van der Waals surface area (Å²) in [5.74, 6) is 2.24. The van der Waals surface area contributed by atoms with E-state index in [1.165, 1.54) is 0 Å². The lowest BCUT2D eigenvalue weighted by molar-refractivity contribution is 0.353. The number of rotatable bonds is 5. The lowest BCUT2D eigenvalue weighted by Gasteiger charge is -2.10. The Morgan fingerprint density at radius 1 is 0.818 bits per heavy atom. The molecule has 0 aliphatic carbocycles. The predicted molar refractivity (Wildman–Crippen MR) is 94.9 cm³/mol. The first-order valence-electron chi connectivity index (χ1n) is 6.41. The summed E-state index contributed by atoms with van der Waals surface area (Å²) in [5.41, 5.74) is 2.12. The first-order valence-corrected chi connectivity index (χ1v) is 7.21. The first-order chi connectivity index (χ1) is 10.2. The lowest BCUT2D eigenvalue weighted by Crippen LogP contribution is -1.92. The number of hydrogen-bond acceptors (Lipinski definition) is 3. The third-order valence-corrected chi connectivity index (χ3v) is 3.63. The molecule has 22 heavy (non-hydrogen) atoms. The highest BCUT2D eigenvalue weighted by Gasteiger charge is 2.09. The summed E-state index contributed by atoms with van der Waals surface area (Å²) in [7, 11) is 4.91. The average molecular weight is 374 g/mol. The van der Waals surface area contributed by atoms with E-state index in [1.807, 2.05) is 48.6 Å². The molecule has 3 nitrogen and oxygen atoms in total. The van der Waals surface area contributed by atoms with Crippen molar-refractivity contribution in [3.05, 3.63) is 52.0 Å². The fraction of sp³-hybridized carbons (Fsp3) is 0.176. The Balaban J connectivity index is 0.00000242. The zero-order chi connectivity index (χ0) is 15.2. The SMILES string of the molecule is COc1ccc(/C=C\c2cc(Br)c(OC)c(OC)c2)cc1.[Mg]. The minimum atomic E-state index is 0. The molecule has 0 heterocycles. The molecule has 0 saturated heterocycles. The van der Waals surface area contributed by atoms with E-state index in [4.69, 9.17) is 14.2 Å². The smallest absolute Gasteiger partial charge is 0.174 e. The van der Waals surface area contributed by atoms with Gasteiger partial charge in [-0.1, -0.05) is 24.3 Å². The van der Waals surface area contributed by atoms with Gasteiger partial charge in [0.25, 0.3) is 0 Å². The van der Waals surface area contributed by atoms with E-state index in [-0.39, 0.29) is 23.1 Å². The van der Waals surface area contributed by atoms with Gasteiger partial charge in [-0.3, -0.25) is 0 Å². The maximum absolute atomic E-state index is 5.33. The Kier molecular flexibility index (Phi) is 7.79. The molecule has 2 aromatic rings. The summed E-state index contributed by atoms with van der Waals surface area (Å²) in [6.45, 7) is 0. The molecule has 0 N–H and O–H groups in total. The summed E-state index contributed by atoms with van der Waals surface area (Å²) in [6.07, 6.45) is 4.06. The monoisotopic (exact) mass is 372 g/mol. The van der Waals surface area contributed by atoms with E-state index in [9.17, 15) is 0 Å². The molecule has 2 radical (unpaired) electrons. The quantitative estimate of drug-likeness (QED) is 0.579. The van der Waals surface area contributed by atoms with Gasteiger partial charge in [-0.05, 0) is 51.3 Å². The van der Waals surface area contributed by atoms with Gasteiger partial charge in [0.15, 0.2) is 11.5 Å². The van der Waals surface area contributed by atoms with Crippen LogP contribution < -0.4 is 14.2 Å². The summed E-state index contributed by atoms with van der Waals surface area (Å²) in [4.78, 5) is 0. The second-order valence-electron chi connectivity index (χ2n) is 4.34. The molecular formula is C17H17BrMgO3. The van der Waals surface area contributed by atoms with Crippen molar-refractivity contribution in [2.45, 2.75) is 0 Å². The van der Waals surface area contributed by atoms with Gasteiger partial charge in [0.05, 0.1) is 25.8 Å². The molecule has 0 aromatic heterocycles. The second-order valence-corrected chi connectivity index (χ2v) is 5.20. The molecular weight excluding hydrogens is 356 g/mol. The predicted octanol–water partition coefficient (Wildman–Crippen LogP) is 4.26. The minimum absolute atomic E-state index is 0. The zero-order valence-electron chi connectivity index (χ0n) is 12.9. The van der Waals surface area contributed by atoms with Gasteiger partial charge >= 0.3 is 0 Å². The van der Waals surface area contributed by atoms with Crippen molar-refractivity contribution >= 4 is 51.1 Å². The van der Waals surface area contributed by atoms with E-state index in [1.54, 1.807) is 21.3 Å². The highest BCUT2D eigenvalue weighted by atomic mass is 79.9. The first kappa shape index (κ1) is 18.9. The van der Waals surface area contributed by atoms with E-state index < -0.39 is 0 Å². The molecule has 0 unspecified atom stereocenters. The van der Waals surface area contributed by atoms with Gasteiger partial charge in [0.2, 0.25) is 0 Å². The van der Waals surface area contributed by atoms with Crippen LogP contribution in [0.4, 0.5) is 0 Å². The van der Waals surface area contributed by atoms with Crippen LogP contribution in [0.2, 0.25) is 0 Å². The maximum atomic E-state index is 5.33. The third-order valence-electron chi connectivity index (χ3n) is 3.04. The van der Waals surface area contributed by atoms with Gasteiger partial charge in [-0.25, -0.2) is 0 Å². The van der Waals surface area contributed by atoms with E-state index in [0.717, 1.165) is 21.3 Å². The second kappa shape index (κ2) is 9.08. The van der Waals surface area contributed by atoms with Gasteiger partial charge in [0, 0.05) is 23.1 Å². The van der Waals surface area contributed by atoms with Crippen molar-refractivity contribution in [3.8, 4) is 17.2 Å². The molecule has 2 rings (SSSR count). The summed E-state index contributed by atoms with van der Waals surface area (Å²) in [5, 5.41) is 0. The Labute approximate surface area is 155 Å². The summed E-state index contributed by atoms with van der Waals surface area (Å²) >= 11 is 3.49. The Morgan fingerprint density at radius 2 is 1.45 bits per heavy atom. The fourth-order valence-electron chi connectivity index (χ4n) is 1.94. The lowest BCUT2D eigenvalue weighted by atomic mass is 10.1. The molecule has 0 atom stereocenters. The Bertz CT molecular complexity index is 639. The van der Waals surface area contributed by atoms with Crippen LogP contribution in [0.5, 0.6) is 17.2 Å². The fourth-order valence-corrected chi connectivity index (χ4v) is 2.56. The van der Waals surface area contributed by atoms with Gasteiger partial charge in [-0.15, -0.1) is 0 Å². The molecule has 112 valence electrons. The van der Waals surface area contributed by atoms with E-state index in [0.29, 0.717) is 11.5 Å². The minimum Gasteiger partial charge on any atom is -0.497 e. The highest BCUT2D eigenvalue weighted by molar-refractivity contribution is 9.10. The number of halogens is 1. The van der Waals surface area contributed by atoms with E-state index >= 15 is 0 Å². The van der Waals surface area contributed by atoms with Crippen molar-refractivity contribution in [3.63, 3.8) is 0 Å². The van der Waals surface area contributed by atoms with Crippen molar-refractivity contribution in [1.29, 1.82) is 0 Å². The van der Waals surface area contributed by atoms with Gasteiger partial charge in [0.1, 0.15) is 5.75 Å². The largest absolute Gasteiger partial charge is 0.497 e. The number of benzene rings is 2. The van der Waals surface area contributed by atoms with Crippen LogP contribution in [0.3, 0.4) is 0 Å². The van der Waals surface area contributed by atoms with Crippen LogP contribution in [-0.2, 0) is 0 Å². The van der Waals surface area contributed by atoms with Crippen LogP contribution in [0.25, 0.3) is 12.2 Å². The number of ether oxygens (including phenoxy) is 3. The van der Waals surface area contributed by atoms with Crippen molar-refractivity contribution in [2.24, 2.45) is 0 Å². The highest BCUT2D eigenvalue weighted by Crippen LogP contribution is 2.36. The number of methoxy groups -OCH3 is 3. The molecule has 0 fully saturated rings. The average Bonchev–Trinajstić information content (AvgIpc) is 2.52. The molecule has 0 aliphatic heterocycles.